The molecule has 0 aromatic rings. The van der Waals surface area contributed by atoms with Crippen LogP contribution in [0.4, 0.5) is 0 Å². The molecule has 16 heavy (non-hydrogen) atoms. The molecule has 4 nitrogen and oxygen atoms in total. The first-order chi connectivity index (χ1) is 7.79. The lowest BCUT2D eigenvalue weighted by Gasteiger charge is -2.18. The Balaban J connectivity index is 1.63. The number of ether oxygens (including phenoxy) is 2. The minimum absolute atomic E-state index is 0.270. The topological polar surface area (TPSA) is 47.6 Å². The highest BCUT2D eigenvalue weighted by molar-refractivity contribution is 5.81. The Morgan fingerprint density at radius 3 is 3.06 bits per heavy atom. The first-order valence-electron chi connectivity index (χ1n) is 6.01. The fourth-order valence-electron chi connectivity index (χ4n) is 2.42. The highest BCUT2D eigenvalue weighted by Crippen LogP contribution is 2.34. The SMILES string of the molecule is CCOC(=O)/C=C/CNC1CC2CCC1O2. The second kappa shape index (κ2) is 5.46. The molecule has 3 unspecified atom stereocenters. The lowest BCUT2D eigenvalue weighted by atomic mass is 9.95. The maximum absolute atomic E-state index is 11.0. The zero-order valence-corrected chi connectivity index (χ0v) is 9.65. The minimum atomic E-state index is -0.270. The van der Waals surface area contributed by atoms with Crippen molar-refractivity contribution in [3.8, 4) is 0 Å². The van der Waals surface area contributed by atoms with E-state index in [2.05, 4.69) is 5.32 Å². The average molecular weight is 225 g/mol. The second-order valence-electron chi connectivity index (χ2n) is 4.28. The van der Waals surface area contributed by atoms with E-state index < -0.39 is 0 Å². The third-order valence-electron chi connectivity index (χ3n) is 3.14. The van der Waals surface area contributed by atoms with Gasteiger partial charge in [-0.3, -0.25) is 0 Å². The van der Waals surface area contributed by atoms with Gasteiger partial charge in [0.15, 0.2) is 0 Å². The first-order valence-corrected chi connectivity index (χ1v) is 6.01. The van der Waals surface area contributed by atoms with Crippen molar-refractivity contribution < 1.29 is 14.3 Å². The molecule has 3 atom stereocenters. The molecule has 0 saturated carbocycles. The zero-order chi connectivity index (χ0) is 11.4. The number of carbonyl (C=O) groups is 1. The first kappa shape index (κ1) is 11.6. The summed E-state index contributed by atoms with van der Waals surface area (Å²) >= 11 is 0. The van der Waals surface area contributed by atoms with Crippen molar-refractivity contribution in [3.63, 3.8) is 0 Å². The number of hydrogen-bond donors (Lipinski definition) is 1. The number of esters is 1. The highest BCUT2D eigenvalue weighted by atomic mass is 16.5. The van der Waals surface area contributed by atoms with E-state index in [1.807, 2.05) is 6.08 Å². The standard InChI is InChI=1S/C12H19NO3/c1-2-15-12(14)4-3-7-13-10-8-9-5-6-11(10)16-9/h3-4,9-11,13H,2,5-8H2,1H3/b4-3+. The molecule has 1 N–H and O–H groups in total. The minimum Gasteiger partial charge on any atom is -0.463 e. The van der Waals surface area contributed by atoms with Crippen molar-refractivity contribution in [1.29, 1.82) is 0 Å². The molecule has 2 fully saturated rings. The molecule has 0 aromatic heterocycles. The van der Waals surface area contributed by atoms with Gasteiger partial charge >= 0.3 is 5.97 Å². The van der Waals surface area contributed by atoms with Gasteiger partial charge in [0.05, 0.1) is 18.8 Å². The normalized spacial score (nSPS) is 32.4. The van der Waals surface area contributed by atoms with Gasteiger partial charge in [0.1, 0.15) is 0 Å². The van der Waals surface area contributed by atoms with Crippen LogP contribution in [0.15, 0.2) is 12.2 Å². The summed E-state index contributed by atoms with van der Waals surface area (Å²) in [5.74, 6) is -0.270. The van der Waals surface area contributed by atoms with Crippen LogP contribution in [0.25, 0.3) is 0 Å². The molecule has 2 heterocycles. The van der Waals surface area contributed by atoms with Crippen LogP contribution in [0, 0.1) is 0 Å². The van der Waals surface area contributed by atoms with Crippen molar-refractivity contribution >= 4 is 5.97 Å². The Morgan fingerprint density at radius 2 is 2.44 bits per heavy atom. The van der Waals surface area contributed by atoms with Gasteiger partial charge in [0.2, 0.25) is 0 Å². The van der Waals surface area contributed by atoms with Gasteiger partial charge < -0.3 is 14.8 Å². The summed E-state index contributed by atoms with van der Waals surface area (Å²) in [7, 11) is 0. The molecule has 4 heteroatoms. The lowest BCUT2D eigenvalue weighted by molar-refractivity contribution is -0.137. The second-order valence-corrected chi connectivity index (χ2v) is 4.28. The number of hydrogen-bond acceptors (Lipinski definition) is 4. The lowest BCUT2D eigenvalue weighted by Crippen LogP contribution is -2.37. The molecule has 0 amide bonds. The van der Waals surface area contributed by atoms with Crippen molar-refractivity contribution in [3.05, 3.63) is 12.2 Å². The largest absolute Gasteiger partial charge is 0.463 e. The fourth-order valence-corrected chi connectivity index (χ4v) is 2.42. The van der Waals surface area contributed by atoms with Crippen LogP contribution in [0.2, 0.25) is 0 Å². The third-order valence-corrected chi connectivity index (χ3v) is 3.14. The van der Waals surface area contributed by atoms with Crippen molar-refractivity contribution in [2.24, 2.45) is 0 Å². The number of fused-ring (bicyclic) bond motifs is 2. The molecular weight excluding hydrogens is 206 g/mol. The summed E-state index contributed by atoms with van der Waals surface area (Å²) in [5.41, 5.74) is 0. The molecule has 2 aliphatic rings. The Bertz CT molecular complexity index is 277. The molecule has 2 aliphatic heterocycles. The smallest absolute Gasteiger partial charge is 0.330 e. The Hall–Kier alpha value is -0.870. The van der Waals surface area contributed by atoms with Crippen LogP contribution in [0.3, 0.4) is 0 Å². The monoisotopic (exact) mass is 225 g/mol. The summed E-state index contributed by atoms with van der Waals surface area (Å²) in [6.45, 7) is 2.93. The molecule has 0 spiro atoms. The molecule has 0 aromatic carbocycles. The summed E-state index contributed by atoms with van der Waals surface area (Å²) in [4.78, 5) is 11.0. The van der Waals surface area contributed by atoms with Crippen LogP contribution in [-0.2, 0) is 14.3 Å². The molecule has 2 rings (SSSR count). The van der Waals surface area contributed by atoms with Gasteiger partial charge in [-0.05, 0) is 26.2 Å². The number of carbonyl (C=O) groups excluding carboxylic acids is 1. The molecule has 0 radical (unpaired) electrons. The van der Waals surface area contributed by atoms with Gasteiger partial charge in [-0.15, -0.1) is 0 Å². The maximum Gasteiger partial charge on any atom is 0.330 e. The summed E-state index contributed by atoms with van der Waals surface area (Å²) < 4.78 is 10.5. The van der Waals surface area contributed by atoms with Gasteiger partial charge in [-0.2, -0.15) is 0 Å². The van der Waals surface area contributed by atoms with Gasteiger partial charge in [-0.1, -0.05) is 6.08 Å². The van der Waals surface area contributed by atoms with E-state index in [1.54, 1.807) is 6.92 Å². The van der Waals surface area contributed by atoms with Crippen molar-refractivity contribution in [2.45, 2.75) is 44.4 Å². The van der Waals surface area contributed by atoms with E-state index in [9.17, 15) is 4.79 Å². The van der Waals surface area contributed by atoms with Gasteiger partial charge in [0, 0.05) is 18.7 Å². The van der Waals surface area contributed by atoms with Crippen LogP contribution < -0.4 is 5.32 Å². The van der Waals surface area contributed by atoms with Crippen LogP contribution in [0.5, 0.6) is 0 Å². The molecule has 2 bridgehead atoms. The third kappa shape index (κ3) is 2.83. The zero-order valence-electron chi connectivity index (χ0n) is 9.65. The Kier molecular flexibility index (Phi) is 3.96. The predicted octanol–water partition coefficient (Wildman–Crippen LogP) is 1.02. The molecule has 90 valence electrons. The van der Waals surface area contributed by atoms with Crippen LogP contribution in [0.1, 0.15) is 26.2 Å². The summed E-state index contributed by atoms with van der Waals surface area (Å²) in [6, 6.07) is 0.464. The van der Waals surface area contributed by atoms with Crippen LogP contribution in [-0.4, -0.2) is 37.4 Å². The van der Waals surface area contributed by atoms with Crippen molar-refractivity contribution in [1.82, 2.24) is 5.32 Å². The fraction of sp³-hybridized carbons (Fsp3) is 0.750. The highest BCUT2D eigenvalue weighted by Gasteiger charge is 2.40. The average Bonchev–Trinajstić information content (AvgIpc) is 2.86. The van der Waals surface area contributed by atoms with E-state index in [0.717, 1.165) is 6.42 Å². The van der Waals surface area contributed by atoms with Crippen LogP contribution >= 0.6 is 0 Å². The van der Waals surface area contributed by atoms with E-state index in [1.165, 1.54) is 18.9 Å². The number of rotatable bonds is 5. The van der Waals surface area contributed by atoms with Crippen molar-refractivity contribution in [2.75, 3.05) is 13.2 Å². The number of nitrogens with one attached hydrogen (secondary N) is 1. The molecule has 2 saturated heterocycles. The summed E-state index contributed by atoms with van der Waals surface area (Å²) in [5, 5.41) is 3.39. The van der Waals surface area contributed by atoms with E-state index >= 15 is 0 Å². The predicted molar refractivity (Wildman–Crippen MR) is 60.1 cm³/mol. The molecular formula is C12H19NO3. The quantitative estimate of drug-likeness (QED) is 0.560. The summed E-state index contributed by atoms with van der Waals surface area (Å²) in [6.07, 6.45) is 7.63. The van der Waals surface area contributed by atoms with Gasteiger partial charge in [0.25, 0.3) is 0 Å². The van der Waals surface area contributed by atoms with E-state index in [0.29, 0.717) is 31.4 Å². The maximum atomic E-state index is 11.0. The Morgan fingerprint density at radius 1 is 1.56 bits per heavy atom. The van der Waals surface area contributed by atoms with E-state index in [4.69, 9.17) is 9.47 Å². The van der Waals surface area contributed by atoms with E-state index in [-0.39, 0.29) is 5.97 Å². The Labute approximate surface area is 96.0 Å². The molecule has 0 aliphatic carbocycles. The van der Waals surface area contributed by atoms with Gasteiger partial charge in [-0.25, -0.2) is 4.79 Å².